The van der Waals surface area contributed by atoms with Crippen molar-refractivity contribution in [2.45, 2.75) is 84.0 Å². The van der Waals surface area contributed by atoms with Crippen LogP contribution in [-0.2, 0) is 16.0 Å². The number of ether oxygens (including phenoxy) is 1. The van der Waals surface area contributed by atoms with Crippen molar-refractivity contribution in [1.29, 1.82) is 0 Å². The number of esters is 1. The minimum atomic E-state index is -1.65. The molecule has 0 aliphatic heterocycles. The van der Waals surface area contributed by atoms with Crippen LogP contribution in [0, 0.1) is 17.5 Å². The maximum absolute atomic E-state index is 13.7. The summed E-state index contributed by atoms with van der Waals surface area (Å²) in [5.74, 6) is -3.28. The van der Waals surface area contributed by atoms with Gasteiger partial charge in [0.25, 0.3) is 0 Å². The lowest BCUT2D eigenvalue weighted by Crippen LogP contribution is -2.44. The molecule has 172 valence electrons. The van der Waals surface area contributed by atoms with E-state index in [4.69, 9.17) is 9.15 Å². The average Bonchev–Trinajstić information content (AvgIpc) is 3.22. The maximum atomic E-state index is 13.7. The van der Waals surface area contributed by atoms with Crippen LogP contribution < -0.4 is 5.38 Å². The largest absolute Gasteiger partial charge is 0.474 e. The van der Waals surface area contributed by atoms with Crippen molar-refractivity contribution < 1.29 is 27.1 Å². The Morgan fingerprint density at radius 1 is 0.968 bits per heavy atom. The van der Waals surface area contributed by atoms with Gasteiger partial charge >= 0.3 is 5.97 Å². The summed E-state index contributed by atoms with van der Waals surface area (Å²) in [5.41, 5.74) is 1.05. The van der Waals surface area contributed by atoms with Crippen LogP contribution in [0.5, 0.6) is 0 Å². The zero-order valence-electron chi connectivity index (χ0n) is 18.9. The molecule has 0 spiro atoms. The molecule has 0 bridgehead atoms. The highest BCUT2D eigenvalue weighted by atomic mass is 28.3. The van der Waals surface area contributed by atoms with Crippen LogP contribution in [0.15, 0.2) is 28.9 Å². The molecule has 31 heavy (non-hydrogen) atoms. The molecule has 0 amide bonds. The van der Waals surface area contributed by atoms with Gasteiger partial charge in [-0.2, -0.15) is 0 Å². The Kier molecular flexibility index (Phi) is 9.41. The molecule has 0 aliphatic rings. The second kappa shape index (κ2) is 11.6. The van der Waals surface area contributed by atoms with E-state index in [1.165, 1.54) is 6.92 Å². The molecule has 1 heterocycles. The van der Waals surface area contributed by atoms with Gasteiger partial charge in [0.15, 0.2) is 11.6 Å². The molecule has 1 aromatic heterocycles. The van der Waals surface area contributed by atoms with Crippen molar-refractivity contribution in [3.05, 3.63) is 53.0 Å². The number of halogens is 3. The number of rotatable bonds is 12. The van der Waals surface area contributed by atoms with Crippen LogP contribution in [0.2, 0.25) is 18.1 Å². The highest BCUT2D eigenvalue weighted by Gasteiger charge is 2.33. The van der Waals surface area contributed by atoms with E-state index < -0.39 is 25.5 Å². The summed E-state index contributed by atoms with van der Waals surface area (Å²) in [4.78, 5) is 11.6. The summed E-state index contributed by atoms with van der Waals surface area (Å²) >= 11 is 0. The number of benzene rings is 1. The van der Waals surface area contributed by atoms with Crippen LogP contribution in [0.4, 0.5) is 13.2 Å². The zero-order valence-corrected chi connectivity index (χ0v) is 19.9. The quantitative estimate of drug-likeness (QED) is 0.153. The van der Waals surface area contributed by atoms with Crippen LogP contribution in [0.1, 0.15) is 70.6 Å². The van der Waals surface area contributed by atoms with Crippen molar-refractivity contribution >= 4 is 19.4 Å². The van der Waals surface area contributed by atoms with Crippen molar-refractivity contribution in [2.75, 3.05) is 0 Å². The van der Waals surface area contributed by atoms with Crippen LogP contribution in [0.25, 0.3) is 0 Å². The fraction of sp³-hybridized carbons (Fsp3) is 0.542. The Balaban J connectivity index is 1.97. The Morgan fingerprint density at radius 3 is 2.23 bits per heavy atom. The molecule has 2 rings (SSSR count). The van der Waals surface area contributed by atoms with Gasteiger partial charge in [0, 0.05) is 18.6 Å². The summed E-state index contributed by atoms with van der Waals surface area (Å²) in [6.45, 7) is 8.02. The normalized spacial score (nSPS) is 12.7. The maximum Gasteiger partial charge on any atom is 0.303 e. The molecule has 7 heteroatoms. The first-order chi connectivity index (χ1) is 14.8. The van der Waals surface area contributed by atoms with Crippen molar-refractivity contribution in [1.82, 2.24) is 0 Å². The SMILES string of the molecule is CC[Si](CC)(CC)c1cc(C(CCCCCc2cc(F)c(F)cc2F)OC(C)=O)co1. The van der Waals surface area contributed by atoms with Crippen LogP contribution in [0.3, 0.4) is 0 Å². The lowest BCUT2D eigenvalue weighted by atomic mass is 10.0. The fourth-order valence-electron chi connectivity index (χ4n) is 4.14. The van der Waals surface area contributed by atoms with Gasteiger partial charge in [0.1, 0.15) is 20.0 Å². The first kappa shape index (κ1) is 25.2. The minimum Gasteiger partial charge on any atom is -0.474 e. The molecule has 0 fully saturated rings. The molecule has 2 aromatic rings. The number of carbonyl (C=O) groups is 1. The first-order valence-corrected chi connectivity index (χ1v) is 13.8. The van der Waals surface area contributed by atoms with E-state index in [2.05, 4.69) is 26.8 Å². The highest BCUT2D eigenvalue weighted by molar-refractivity contribution is 6.90. The predicted molar refractivity (Wildman–Crippen MR) is 119 cm³/mol. The van der Waals surface area contributed by atoms with Gasteiger partial charge in [-0.15, -0.1) is 0 Å². The Bertz CT molecular complexity index is 853. The number of unbranched alkanes of at least 4 members (excludes halogenated alkanes) is 2. The number of aryl methyl sites for hydroxylation is 1. The standard InChI is InChI=1S/C24H33F3O3Si/c1-5-31(6-2,7-3)24-14-19(16-29-24)23(30-17(4)28)12-10-8-9-11-18-13-21(26)22(27)15-20(18)25/h13-16,23H,5-12H2,1-4H3. The Labute approximate surface area is 184 Å². The second-order valence-corrected chi connectivity index (χ2v) is 13.3. The molecule has 0 saturated heterocycles. The molecular formula is C24H33F3O3Si. The fourth-order valence-corrected chi connectivity index (χ4v) is 7.47. The topological polar surface area (TPSA) is 39.4 Å². The number of furan rings is 1. The summed E-state index contributed by atoms with van der Waals surface area (Å²) in [6.07, 6.45) is 4.41. The number of hydrogen-bond donors (Lipinski definition) is 0. The minimum absolute atomic E-state index is 0.176. The van der Waals surface area contributed by atoms with E-state index in [0.717, 1.165) is 48.0 Å². The van der Waals surface area contributed by atoms with E-state index in [9.17, 15) is 18.0 Å². The van der Waals surface area contributed by atoms with Gasteiger partial charge in [0.05, 0.1) is 11.6 Å². The van der Waals surface area contributed by atoms with Gasteiger partial charge in [-0.25, -0.2) is 13.2 Å². The molecule has 1 unspecified atom stereocenters. The van der Waals surface area contributed by atoms with Gasteiger partial charge < -0.3 is 9.15 Å². The van der Waals surface area contributed by atoms with Gasteiger partial charge in [-0.1, -0.05) is 45.3 Å². The average molecular weight is 455 g/mol. The molecule has 0 aliphatic carbocycles. The lowest BCUT2D eigenvalue weighted by molar-refractivity contribution is -0.147. The van der Waals surface area contributed by atoms with Crippen LogP contribution >= 0.6 is 0 Å². The van der Waals surface area contributed by atoms with Crippen molar-refractivity contribution in [3.63, 3.8) is 0 Å². The first-order valence-electron chi connectivity index (χ1n) is 11.2. The molecule has 0 radical (unpaired) electrons. The molecule has 1 aromatic carbocycles. The summed E-state index contributed by atoms with van der Waals surface area (Å²) in [7, 11) is -1.65. The third-order valence-corrected chi connectivity index (χ3v) is 11.7. The van der Waals surface area contributed by atoms with Gasteiger partial charge in [0.2, 0.25) is 0 Å². The van der Waals surface area contributed by atoms with Crippen molar-refractivity contribution in [2.24, 2.45) is 0 Å². The van der Waals surface area contributed by atoms with E-state index in [1.54, 1.807) is 6.26 Å². The van der Waals surface area contributed by atoms with Crippen molar-refractivity contribution in [3.8, 4) is 0 Å². The monoisotopic (exact) mass is 454 g/mol. The summed E-state index contributed by atoms with van der Waals surface area (Å²) < 4.78 is 51.6. The number of carbonyl (C=O) groups excluding carboxylic acids is 1. The Morgan fingerprint density at radius 2 is 1.61 bits per heavy atom. The van der Waals surface area contributed by atoms with E-state index in [0.29, 0.717) is 25.3 Å². The Hall–Kier alpha value is -2.02. The zero-order chi connectivity index (χ0) is 23.0. The van der Waals surface area contributed by atoms with Gasteiger partial charge in [-0.3, -0.25) is 4.79 Å². The van der Waals surface area contributed by atoms with Crippen LogP contribution in [-0.4, -0.2) is 14.0 Å². The summed E-state index contributed by atoms with van der Waals surface area (Å²) in [5, 5.41) is 1.06. The third kappa shape index (κ3) is 6.48. The van der Waals surface area contributed by atoms with E-state index >= 15 is 0 Å². The smallest absolute Gasteiger partial charge is 0.303 e. The van der Waals surface area contributed by atoms with Gasteiger partial charge in [-0.05, 0) is 43.4 Å². The molecule has 3 nitrogen and oxygen atoms in total. The molecule has 0 N–H and O–H groups in total. The van der Waals surface area contributed by atoms with E-state index in [1.807, 2.05) is 0 Å². The number of hydrogen-bond acceptors (Lipinski definition) is 3. The molecular weight excluding hydrogens is 421 g/mol. The summed E-state index contributed by atoms with van der Waals surface area (Å²) in [6, 6.07) is 6.88. The highest BCUT2D eigenvalue weighted by Crippen LogP contribution is 2.28. The molecule has 1 atom stereocenters. The third-order valence-electron chi connectivity index (χ3n) is 6.35. The molecule has 0 saturated carbocycles. The lowest BCUT2D eigenvalue weighted by Gasteiger charge is -2.24. The second-order valence-electron chi connectivity index (χ2n) is 8.14. The van der Waals surface area contributed by atoms with E-state index in [-0.39, 0.29) is 17.6 Å². The predicted octanol–water partition coefficient (Wildman–Crippen LogP) is 6.82.